The summed E-state index contributed by atoms with van der Waals surface area (Å²) in [5.74, 6) is -5.34. The summed E-state index contributed by atoms with van der Waals surface area (Å²) in [6.45, 7) is -2.36. The van der Waals surface area contributed by atoms with E-state index in [-0.39, 0.29) is 75.6 Å². The number of allylic oxidation sites excluding steroid dienone is 7. The van der Waals surface area contributed by atoms with E-state index in [1.165, 1.54) is 0 Å². The zero-order chi connectivity index (χ0) is 37.6. The molecular formula is C30H47N3O9S. The van der Waals surface area contributed by atoms with Gasteiger partial charge in [-0.25, -0.2) is 0 Å². The summed E-state index contributed by atoms with van der Waals surface area (Å²) in [5, 5.41) is 41.5. The second-order valence-corrected chi connectivity index (χ2v) is 10.4. The standard InChI is InChI=1S/C30H47N3O9S/c1-2-3-4-5-6-7-8-9-10-11-12-13-16-25(24(34)15-14-17-27(36)37)43-21-23(29(40)32-20-28(38)39)33-26(35)19-18-22(31)30(41)42/h6-7,9-13,16,22-25,34H,2-5,8,14-15,17-21,31H2,1H3,(H,32,40)(H,33,35)(H,36,37)(H,38,39)(H,41,42)/b7-6-,10-9-,12-11+,16-13+/t22-,23-,24-,25+/m0/s1/i1T2,2T2,6T,7T. The van der Waals surface area contributed by atoms with E-state index in [1.54, 1.807) is 36.5 Å². The largest absolute Gasteiger partial charge is 0.481 e. The van der Waals surface area contributed by atoms with Crippen LogP contribution in [0.4, 0.5) is 0 Å². The van der Waals surface area contributed by atoms with Gasteiger partial charge in [0.05, 0.1) is 8.85 Å². The minimum Gasteiger partial charge on any atom is -0.481 e. The molecular weight excluding hydrogens is 578 g/mol. The molecule has 0 saturated heterocycles. The van der Waals surface area contributed by atoms with Crippen molar-refractivity contribution in [3.05, 3.63) is 48.6 Å². The van der Waals surface area contributed by atoms with E-state index < -0.39 is 73.0 Å². The van der Waals surface area contributed by atoms with Gasteiger partial charge < -0.3 is 36.8 Å². The third-order valence-electron chi connectivity index (χ3n) is 5.53. The Bertz CT molecular complexity index is 1220. The fourth-order valence-electron chi connectivity index (χ4n) is 3.22. The van der Waals surface area contributed by atoms with Gasteiger partial charge in [-0.2, -0.15) is 0 Å². The molecule has 0 aliphatic carbocycles. The van der Waals surface area contributed by atoms with Crippen molar-refractivity contribution in [1.82, 2.24) is 10.6 Å². The van der Waals surface area contributed by atoms with Crippen LogP contribution in [0.3, 0.4) is 0 Å². The minimum atomic E-state index is -1.99. The highest BCUT2D eigenvalue weighted by Gasteiger charge is 2.25. The Labute approximate surface area is 266 Å². The summed E-state index contributed by atoms with van der Waals surface area (Å²) >= 11 is 1.04. The number of hydrogen-bond donors (Lipinski definition) is 7. The molecule has 0 heterocycles. The highest BCUT2D eigenvalue weighted by atomic mass is 32.2. The Hall–Kier alpha value is -3.42. The molecule has 0 spiro atoms. The smallest absolute Gasteiger partial charge is 0.322 e. The molecule has 0 radical (unpaired) electrons. The summed E-state index contributed by atoms with van der Waals surface area (Å²) < 4.78 is 45.6. The number of aliphatic hydroxyl groups is 1. The van der Waals surface area contributed by atoms with Crippen LogP contribution in [0.5, 0.6) is 0 Å². The number of amides is 2. The molecule has 8 N–H and O–H groups in total. The Kier molecular flexibility index (Phi) is 17.3. The number of carbonyl (C=O) groups is 5. The summed E-state index contributed by atoms with van der Waals surface area (Å²) in [7, 11) is 0. The second-order valence-electron chi connectivity index (χ2n) is 9.18. The Morgan fingerprint density at radius 3 is 2.40 bits per heavy atom. The van der Waals surface area contributed by atoms with Crippen LogP contribution in [0.2, 0.25) is 0 Å². The van der Waals surface area contributed by atoms with Gasteiger partial charge in [-0.15, -0.1) is 11.8 Å². The predicted molar refractivity (Wildman–Crippen MR) is 166 cm³/mol. The van der Waals surface area contributed by atoms with Gasteiger partial charge in [-0.1, -0.05) is 68.2 Å². The van der Waals surface area contributed by atoms with E-state index in [0.717, 1.165) is 11.8 Å². The molecule has 43 heavy (non-hydrogen) atoms. The Morgan fingerprint density at radius 2 is 1.72 bits per heavy atom. The summed E-state index contributed by atoms with van der Waals surface area (Å²) in [5.41, 5.74) is 5.42. The van der Waals surface area contributed by atoms with Gasteiger partial charge in [0.1, 0.15) is 18.6 Å². The lowest BCUT2D eigenvalue weighted by atomic mass is 10.1. The normalized spacial score (nSPS) is 17.6. The van der Waals surface area contributed by atoms with Crippen LogP contribution in [0.15, 0.2) is 48.6 Å². The summed E-state index contributed by atoms with van der Waals surface area (Å²) in [6.07, 6.45) is 6.60. The fourth-order valence-corrected chi connectivity index (χ4v) is 4.43. The first-order chi connectivity index (χ1) is 22.9. The van der Waals surface area contributed by atoms with Crippen LogP contribution in [-0.4, -0.2) is 85.9 Å². The number of nitrogens with one attached hydrogen (secondary N) is 2. The van der Waals surface area contributed by atoms with Crippen LogP contribution in [-0.2, 0) is 24.0 Å². The van der Waals surface area contributed by atoms with E-state index in [1.807, 2.05) is 0 Å². The number of aliphatic carboxylic acids is 3. The maximum atomic E-state index is 12.7. The molecule has 0 rings (SSSR count). The van der Waals surface area contributed by atoms with Gasteiger partial charge in [0.25, 0.3) is 0 Å². The fraction of sp³-hybridized carbons (Fsp3) is 0.567. The van der Waals surface area contributed by atoms with E-state index >= 15 is 0 Å². The minimum absolute atomic E-state index is 0.0301. The molecule has 0 aromatic carbocycles. The first-order valence-corrected chi connectivity index (χ1v) is 14.7. The first kappa shape index (κ1) is 29.6. The van der Waals surface area contributed by atoms with Crippen LogP contribution in [0.25, 0.3) is 0 Å². The molecule has 0 aliphatic rings. The number of rotatable bonds is 25. The highest BCUT2D eigenvalue weighted by Crippen LogP contribution is 2.22. The van der Waals surface area contributed by atoms with Gasteiger partial charge in [-0.3, -0.25) is 24.0 Å². The van der Waals surface area contributed by atoms with Crippen molar-refractivity contribution in [3.63, 3.8) is 0 Å². The number of nitrogens with two attached hydrogens (primary N) is 1. The molecule has 13 heteroatoms. The van der Waals surface area contributed by atoms with E-state index in [9.17, 15) is 29.1 Å². The van der Waals surface area contributed by atoms with E-state index in [0.29, 0.717) is 0 Å². The number of carbonyl (C=O) groups excluding carboxylic acids is 2. The molecule has 0 fully saturated rings. The summed E-state index contributed by atoms with van der Waals surface area (Å²) in [6, 6.07) is -2.50. The molecule has 0 aromatic heterocycles. The molecule has 4 atom stereocenters. The Morgan fingerprint density at radius 1 is 0.977 bits per heavy atom. The maximum absolute atomic E-state index is 12.7. The number of thioether (sulfide) groups is 1. The third kappa shape index (κ3) is 22.8. The number of carboxylic acid groups (broad SMARTS) is 3. The lowest BCUT2D eigenvalue weighted by Gasteiger charge is -2.23. The van der Waals surface area contributed by atoms with Crippen molar-refractivity contribution in [2.24, 2.45) is 5.73 Å². The monoisotopic (exact) mass is 637 g/mol. The average Bonchev–Trinajstić information content (AvgIpc) is 3.01. The van der Waals surface area contributed by atoms with Gasteiger partial charge in [-0.05, 0) is 38.5 Å². The average molecular weight is 638 g/mol. The quantitative estimate of drug-likeness (QED) is 0.0570. The molecule has 0 saturated carbocycles. The van der Waals surface area contributed by atoms with E-state index in [2.05, 4.69) is 10.6 Å². The van der Waals surface area contributed by atoms with Crippen LogP contribution < -0.4 is 16.4 Å². The molecule has 0 aromatic rings. The first-order valence-electron chi connectivity index (χ1n) is 16.8. The molecule has 0 bridgehead atoms. The van der Waals surface area contributed by atoms with Crippen molar-refractivity contribution in [3.8, 4) is 0 Å². The van der Waals surface area contributed by atoms with Gasteiger partial charge in [0.15, 0.2) is 0 Å². The lowest BCUT2D eigenvalue weighted by Crippen LogP contribution is -2.50. The lowest BCUT2D eigenvalue weighted by molar-refractivity contribution is -0.139. The van der Waals surface area contributed by atoms with Crippen molar-refractivity contribution in [1.29, 1.82) is 0 Å². The molecule has 2 amide bonds. The van der Waals surface area contributed by atoms with Gasteiger partial charge >= 0.3 is 17.9 Å². The SMILES string of the molecule is [3H]/C(C\C=C/C=C/C=C/[C@@H](SC[C@H](NC(=O)CC[C@H](N)C(=O)O)C(=O)NCC(=O)O)[C@@H](O)CCCC(=O)O)=C(\[3H])CCCC([3H])([3H])C([3H])[3H]. The van der Waals surface area contributed by atoms with Gasteiger partial charge in [0.2, 0.25) is 11.8 Å². The second kappa shape index (κ2) is 25.1. The van der Waals surface area contributed by atoms with Crippen LogP contribution in [0, 0.1) is 0 Å². The highest BCUT2D eigenvalue weighted by molar-refractivity contribution is 8.00. The van der Waals surface area contributed by atoms with Crippen molar-refractivity contribution in [2.75, 3.05) is 12.3 Å². The van der Waals surface area contributed by atoms with Crippen LogP contribution in [0.1, 0.15) is 79.3 Å². The topological polar surface area (TPSA) is 216 Å². The number of aliphatic hydroxyl groups excluding tert-OH is 1. The zero-order valence-electron chi connectivity index (χ0n) is 29.9. The Balaban J connectivity index is 5.52. The van der Waals surface area contributed by atoms with E-state index in [4.69, 9.17) is 29.3 Å². The third-order valence-corrected chi connectivity index (χ3v) is 6.91. The zero-order valence-corrected chi connectivity index (χ0v) is 24.8. The number of carboxylic acids is 3. The van der Waals surface area contributed by atoms with Crippen molar-refractivity contribution < 1.29 is 52.6 Å². The maximum Gasteiger partial charge on any atom is 0.322 e. The van der Waals surface area contributed by atoms with Gasteiger partial charge in [0, 0.05) is 29.3 Å². The molecule has 0 aliphatic heterocycles. The number of hydrogen-bond acceptors (Lipinski definition) is 8. The summed E-state index contributed by atoms with van der Waals surface area (Å²) in [4.78, 5) is 57.9. The van der Waals surface area contributed by atoms with Crippen molar-refractivity contribution >= 4 is 41.5 Å². The molecule has 12 nitrogen and oxygen atoms in total. The predicted octanol–water partition coefficient (Wildman–Crippen LogP) is 2.78. The van der Waals surface area contributed by atoms with Crippen molar-refractivity contribution in [2.45, 2.75) is 94.5 Å². The molecule has 0 unspecified atom stereocenters. The molecule has 242 valence electrons. The van der Waals surface area contributed by atoms with Crippen LogP contribution >= 0.6 is 11.8 Å².